The predicted molar refractivity (Wildman–Crippen MR) is 84.2 cm³/mol. The van der Waals surface area contributed by atoms with Gasteiger partial charge in [0.2, 0.25) is 0 Å². The molecule has 1 saturated heterocycles. The van der Waals surface area contributed by atoms with Crippen LogP contribution in [-0.2, 0) is 11.3 Å². The van der Waals surface area contributed by atoms with Crippen molar-refractivity contribution in [1.29, 1.82) is 0 Å². The summed E-state index contributed by atoms with van der Waals surface area (Å²) in [6, 6.07) is 5.29. The molecule has 1 aliphatic rings. The van der Waals surface area contributed by atoms with Crippen molar-refractivity contribution < 1.29 is 22.7 Å². The second-order valence-corrected chi connectivity index (χ2v) is 6.58. The van der Waals surface area contributed by atoms with Crippen LogP contribution in [0.5, 0.6) is 0 Å². The molecule has 2 rings (SSSR count). The second-order valence-electron chi connectivity index (χ2n) is 5.66. The van der Waals surface area contributed by atoms with Crippen LogP contribution in [0, 0.1) is 5.92 Å². The molecule has 0 spiro atoms. The Balaban J connectivity index is 2.00. The maximum Gasteiger partial charge on any atom is 0.391 e. The van der Waals surface area contributed by atoms with E-state index in [1.807, 2.05) is 11.0 Å². The predicted octanol–water partition coefficient (Wildman–Crippen LogP) is 4.40. The fourth-order valence-electron chi connectivity index (χ4n) is 2.75. The Morgan fingerprint density at radius 3 is 2.52 bits per heavy atom. The first kappa shape index (κ1) is 18.3. The van der Waals surface area contributed by atoms with Gasteiger partial charge in [0, 0.05) is 11.0 Å². The van der Waals surface area contributed by atoms with Crippen LogP contribution in [-0.4, -0.2) is 36.7 Å². The number of carbonyl (C=O) groups is 1. The summed E-state index contributed by atoms with van der Waals surface area (Å²) in [5, 5.41) is 0. The minimum atomic E-state index is -4.10. The first-order valence-corrected chi connectivity index (χ1v) is 8.34. The molecule has 1 aliphatic heterocycles. The first-order valence-electron chi connectivity index (χ1n) is 7.55. The molecule has 0 atom stereocenters. The minimum Gasteiger partial charge on any atom is -0.462 e. The largest absolute Gasteiger partial charge is 0.462 e. The molecule has 23 heavy (non-hydrogen) atoms. The zero-order chi connectivity index (χ0) is 17.0. The number of ether oxygens (including phenoxy) is 1. The Morgan fingerprint density at radius 2 is 1.96 bits per heavy atom. The van der Waals surface area contributed by atoms with Gasteiger partial charge in [-0.15, -0.1) is 0 Å². The second kappa shape index (κ2) is 7.66. The molecule has 0 radical (unpaired) electrons. The average Bonchev–Trinajstić information content (AvgIpc) is 2.46. The van der Waals surface area contributed by atoms with Crippen LogP contribution < -0.4 is 0 Å². The molecule has 3 nitrogen and oxygen atoms in total. The summed E-state index contributed by atoms with van der Waals surface area (Å²) in [6.07, 6.45) is -3.84. The van der Waals surface area contributed by atoms with E-state index in [-0.39, 0.29) is 12.8 Å². The Kier molecular flexibility index (Phi) is 6.08. The summed E-state index contributed by atoms with van der Waals surface area (Å²) < 4.78 is 43.8. The highest BCUT2D eigenvalue weighted by molar-refractivity contribution is 9.10. The maximum absolute atomic E-state index is 12.7. The lowest BCUT2D eigenvalue weighted by atomic mass is 9.96. The van der Waals surface area contributed by atoms with Gasteiger partial charge in [0.25, 0.3) is 0 Å². The SMILES string of the molecule is CCOC(=O)c1cc(Br)cc(CN2CCC(C(F)(F)F)CC2)c1. The van der Waals surface area contributed by atoms with Crippen LogP contribution >= 0.6 is 15.9 Å². The molecule has 0 aliphatic carbocycles. The van der Waals surface area contributed by atoms with Crippen molar-refractivity contribution in [2.75, 3.05) is 19.7 Å². The van der Waals surface area contributed by atoms with Crippen molar-refractivity contribution in [2.45, 2.75) is 32.5 Å². The van der Waals surface area contributed by atoms with Crippen molar-refractivity contribution in [3.63, 3.8) is 0 Å². The lowest BCUT2D eigenvalue weighted by Crippen LogP contribution is -2.38. The Labute approximate surface area is 141 Å². The van der Waals surface area contributed by atoms with Gasteiger partial charge in [-0.1, -0.05) is 15.9 Å². The topological polar surface area (TPSA) is 29.5 Å². The van der Waals surface area contributed by atoms with Gasteiger partial charge in [0.05, 0.1) is 18.1 Å². The summed E-state index contributed by atoms with van der Waals surface area (Å²) in [5.74, 6) is -1.60. The fourth-order valence-corrected chi connectivity index (χ4v) is 3.29. The third kappa shape index (κ3) is 5.21. The van der Waals surface area contributed by atoms with Crippen LogP contribution in [0.4, 0.5) is 13.2 Å². The molecular formula is C16H19BrF3NO2. The third-order valence-electron chi connectivity index (χ3n) is 3.93. The van der Waals surface area contributed by atoms with E-state index in [9.17, 15) is 18.0 Å². The number of alkyl halides is 3. The molecule has 128 valence electrons. The molecule has 0 unspecified atom stereocenters. The summed E-state index contributed by atoms with van der Waals surface area (Å²) in [5.41, 5.74) is 1.33. The number of rotatable bonds is 4. The third-order valence-corrected chi connectivity index (χ3v) is 4.38. The Morgan fingerprint density at radius 1 is 1.30 bits per heavy atom. The standard InChI is InChI=1S/C16H19BrF3NO2/c1-2-23-15(22)12-7-11(8-14(17)9-12)10-21-5-3-13(4-6-21)16(18,19)20/h7-9,13H,2-6,10H2,1H3. The van der Waals surface area contributed by atoms with Gasteiger partial charge < -0.3 is 4.74 Å². The number of carbonyl (C=O) groups excluding carboxylic acids is 1. The zero-order valence-corrected chi connectivity index (χ0v) is 14.4. The van der Waals surface area contributed by atoms with Crippen LogP contribution in [0.2, 0.25) is 0 Å². The van der Waals surface area contributed by atoms with Crippen molar-refractivity contribution in [2.24, 2.45) is 5.92 Å². The van der Waals surface area contributed by atoms with Crippen LogP contribution in [0.15, 0.2) is 22.7 Å². The van der Waals surface area contributed by atoms with Gasteiger partial charge in [-0.2, -0.15) is 13.2 Å². The maximum atomic E-state index is 12.7. The summed E-state index contributed by atoms with van der Waals surface area (Å²) >= 11 is 3.36. The van der Waals surface area contributed by atoms with E-state index >= 15 is 0 Å². The molecule has 0 aromatic heterocycles. The molecule has 0 bridgehead atoms. The van der Waals surface area contributed by atoms with Crippen LogP contribution in [0.25, 0.3) is 0 Å². The number of hydrogen-bond donors (Lipinski definition) is 0. The number of nitrogens with zero attached hydrogens (tertiary/aromatic N) is 1. The molecule has 0 amide bonds. The summed E-state index contributed by atoms with van der Waals surface area (Å²) in [7, 11) is 0. The molecule has 1 heterocycles. The monoisotopic (exact) mass is 393 g/mol. The number of benzene rings is 1. The van der Waals surface area contributed by atoms with E-state index in [1.54, 1.807) is 19.1 Å². The van der Waals surface area contributed by atoms with Crippen molar-refractivity contribution in [1.82, 2.24) is 4.90 Å². The summed E-state index contributed by atoms with van der Waals surface area (Å²) in [6.45, 7) is 3.38. The van der Waals surface area contributed by atoms with Gasteiger partial charge >= 0.3 is 12.1 Å². The zero-order valence-electron chi connectivity index (χ0n) is 12.8. The minimum absolute atomic E-state index is 0.127. The Hall–Kier alpha value is -1.08. The molecule has 1 fully saturated rings. The number of piperidine rings is 1. The molecule has 7 heteroatoms. The number of halogens is 4. The van der Waals surface area contributed by atoms with Gasteiger partial charge in [0.15, 0.2) is 0 Å². The highest BCUT2D eigenvalue weighted by Gasteiger charge is 2.40. The van der Waals surface area contributed by atoms with Crippen LogP contribution in [0.3, 0.4) is 0 Å². The van der Waals surface area contributed by atoms with E-state index in [0.717, 1.165) is 10.0 Å². The van der Waals surface area contributed by atoms with Gasteiger partial charge in [-0.25, -0.2) is 4.79 Å². The van der Waals surface area contributed by atoms with E-state index in [4.69, 9.17) is 4.74 Å². The van der Waals surface area contributed by atoms with Gasteiger partial charge in [0.1, 0.15) is 0 Å². The number of esters is 1. The Bertz CT molecular complexity index is 555. The highest BCUT2D eigenvalue weighted by Crippen LogP contribution is 2.34. The van der Waals surface area contributed by atoms with Crippen LogP contribution in [0.1, 0.15) is 35.7 Å². The van der Waals surface area contributed by atoms with Gasteiger partial charge in [-0.3, -0.25) is 4.90 Å². The first-order chi connectivity index (χ1) is 10.8. The molecular weight excluding hydrogens is 375 g/mol. The molecule has 1 aromatic rings. The van der Waals surface area contributed by atoms with E-state index in [2.05, 4.69) is 15.9 Å². The molecule has 1 aromatic carbocycles. The quantitative estimate of drug-likeness (QED) is 0.710. The number of hydrogen-bond acceptors (Lipinski definition) is 3. The van der Waals surface area contributed by atoms with Crippen molar-refractivity contribution in [3.8, 4) is 0 Å². The lowest BCUT2D eigenvalue weighted by molar-refractivity contribution is -0.185. The average molecular weight is 394 g/mol. The molecule has 0 N–H and O–H groups in total. The van der Waals surface area contributed by atoms with E-state index < -0.39 is 18.1 Å². The number of likely N-dealkylation sites (tertiary alicyclic amines) is 1. The summed E-state index contributed by atoms with van der Waals surface area (Å²) in [4.78, 5) is 13.8. The lowest BCUT2D eigenvalue weighted by Gasteiger charge is -2.32. The van der Waals surface area contributed by atoms with E-state index in [1.165, 1.54) is 0 Å². The van der Waals surface area contributed by atoms with E-state index in [0.29, 0.717) is 31.8 Å². The normalized spacial score (nSPS) is 17.3. The highest BCUT2D eigenvalue weighted by atomic mass is 79.9. The molecule has 0 saturated carbocycles. The fraction of sp³-hybridized carbons (Fsp3) is 0.562. The van der Waals surface area contributed by atoms with Gasteiger partial charge in [-0.05, 0) is 56.6 Å². The van der Waals surface area contributed by atoms with Crippen molar-refractivity contribution >= 4 is 21.9 Å². The van der Waals surface area contributed by atoms with Crippen molar-refractivity contribution in [3.05, 3.63) is 33.8 Å². The smallest absolute Gasteiger partial charge is 0.391 e.